The van der Waals surface area contributed by atoms with E-state index < -0.39 is 0 Å². The van der Waals surface area contributed by atoms with E-state index in [1.807, 2.05) is 11.8 Å². The number of ether oxygens (including phenoxy) is 1. The number of rotatable bonds is 1. The highest BCUT2D eigenvalue weighted by atomic mass is 32.1. The highest BCUT2D eigenvalue weighted by Crippen LogP contribution is 2.31. The van der Waals surface area contributed by atoms with Gasteiger partial charge in [-0.15, -0.1) is 0 Å². The van der Waals surface area contributed by atoms with E-state index in [4.69, 9.17) is 4.74 Å². The lowest BCUT2D eigenvalue weighted by atomic mass is 9.86. The van der Waals surface area contributed by atoms with Gasteiger partial charge in [0.2, 0.25) is 0 Å². The van der Waals surface area contributed by atoms with E-state index in [1.54, 1.807) is 0 Å². The first-order valence-corrected chi connectivity index (χ1v) is 7.73. The first-order chi connectivity index (χ1) is 9.62. The molecule has 0 bridgehead atoms. The summed E-state index contributed by atoms with van der Waals surface area (Å²) in [7, 11) is 2.16. The van der Waals surface area contributed by atoms with Crippen LogP contribution in [0.4, 0.5) is 0 Å². The number of nitrogens with zero attached hydrogens (tertiary/aromatic N) is 4. The first kappa shape index (κ1) is 13.9. The third-order valence-electron chi connectivity index (χ3n) is 4.57. The smallest absolute Gasteiger partial charge is 0.275 e. The molecule has 0 atom stereocenters. The molecule has 3 rings (SSSR count). The zero-order chi connectivity index (χ0) is 14.2. The predicted octanol–water partition coefficient (Wildman–Crippen LogP) is 0.783. The van der Waals surface area contributed by atoms with Crippen molar-refractivity contribution in [3.8, 4) is 0 Å². The van der Waals surface area contributed by atoms with Crippen molar-refractivity contribution in [3.63, 3.8) is 0 Å². The van der Waals surface area contributed by atoms with Crippen LogP contribution < -0.4 is 0 Å². The fourth-order valence-electron chi connectivity index (χ4n) is 3.10. The van der Waals surface area contributed by atoms with Gasteiger partial charge in [-0.2, -0.15) is 8.75 Å². The standard InChI is InChI=1S/C13H20N4O2S/c1-10-11(15-20-14-10)12(18)17-6-5-16(2)13(9-17)3-7-19-8-4-13/h3-9H2,1-2H3. The summed E-state index contributed by atoms with van der Waals surface area (Å²) in [6.07, 6.45) is 1.98. The quantitative estimate of drug-likeness (QED) is 0.766. The number of carbonyl (C=O) groups excluding carboxylic acids is 1. The molecule has 2 aliphatic rings. The first-order valence-electron chi connectivity index (χ1n) is 7.00. The molecule has 110 valence electrons. The van der Waals surface area contributed by atoms with E-state index in [2.05, 4.69) is 20.7 Å². The van der Waals surface area contributed by atoms with Gasteiger partial charge in [-0.05, 0) is 26.8 Å². The minimum atomic E-state index is 0.0233. The number of hydrogen-bond donors (Lipinski definition) is 0. The molecule has 7 heteroatoms. The predicted molar refractivity (Wildman–Crippen MR) is 76.0 cm³/mol. The number of hydrogen-bond acceptors (Lipinski definition) is 6. The molecule has 0 radical (unpaired) electrons. The second kappa shape index (κ2) is 5.38. The van der Waals surface area contributed by atoms with Crippen LogP contribution in [0.5, 0.6) is 0 Å². The van der Waals surface area contributed by atoms with Crippen molar-refractivity contribution in [3.05, 3.63) is 11.4 Å². The zero-order valence-corrected chi connectivity index (χ0v) is 12.8. The van der Waals surface area contributed by atoms with Crippen molar-refractivity contribution >= 4 is 17.6 Å². The van der Waals surface area contributed by atoms with Crippen molar-refractivity contribution in [1.29, 1.82) is 0 Å². The van der Waals surface area contributed by atoms with Crippen LogP contribution in [-0.2, 0) is 4.74 Å². The molecule has 0 aromatic carbocycles. The molecular formula is C13H20N4O2S. The molecule has 1 aromatic heterocycles. The van der Waals surface area contributed by atoms with Crippen LogP contribution in [0.25, 0.3) is 0 Å². The minimum Gasteiger partial charge on any atom is -0.381 e. The Morgan fingerprint density at radius 2 is 2.05 bits per heavy atom. The highest BCUT2D eigenvalue weighted by molar-refractivity contribution is 6.99. The van der Waals surface area contributed by atoms with Crippen LogP contribution in [0.2, 0.25) is 0 Å². The van der Waals surface area contributed by atoms with E-state index in [0.29, 0.717) is 5.69 Å². The monoisotopic (exact) mass is 296 g/mol. The molecule has 20 heavy (non-hydrogen) atoms. The fraction of sp³-hybridized carbons (Fsp3) is 0.769. The highest BCUT2D eigenvalue weighted by Gasteiger charge is 2.42. The van der Waals surface area contributed by atoms with Crippen molar-refractivity contribution in [2.45, 2.75) is 25.3 Å². The molecule has 0 aliphatic carbocycles. The molecule has 6 nitrogen and oxygen atoms in total. The van der Waals surface area contributed by atoms with Gasteiger partial charge in [0.1, 0.15) is 0 Å². The van der Waals surface area contributed by atoms with Crippen LogP contribution in [0.1, 0.15) is 29.0 Å². The van der Waals surface area contributed by atoms with Gasteiger partial charge in [-0.1, -0.05) is 0 Å². The van der Waals surface area contributed by atoms with Gasteiger partial charge in [0, 0.05) is 38.4 Å². The fourth-order valence-corrected chi connectivity index (χ4v) is 3.64. The Morgan fingerprint density at radius 3 is 2.70 bits per heavy atom. The normalized spacial score (nSPS) is 23.2. The average Bonchev–Trinajstić information content (AvgIpc) is 2.88. The Morgan fingerprint density at radius 1 is 1.30 bits per heavy atom. The van der Waals surface area contributed by atoms with E-state index in [0.717, 1.165) is 63.1 Å². The maximum Gasteiger partial charge on any atom is 0.275 e. The number of likely N-dealkylation sites (N-methyl/N-ethyl adjacent to an activating group) is 1. The van der Waals surface area contributed by atoms with Crippen molar-refractivity contribution in [2.24, 2.45) is 0 Å². The summed E-state index contributed by atoms with van der Waals surface area (Å²) in [5, 5.41) is 0. The van der Waals surface area contributed by atoms with E-state index in [-0.39, 0.29) is 11.4 Å². The molecule has 1 amide bonds. The molecule has 0 N–H and O–H groups in total. The summed E-state index contributed by atoms with van der Waals surface area (Å²) in [5.41, 5.74) is 1.32. The molecule has 3 heterocycles. The van der Waals surface area contributed by atoms with Crippen LogP contribution in [0.15, 0.2) is 0 Å². The van der Waals surface area contributed by atoms with Crippen LogP contribution >= 0.6 is 11.7 Å². The van der Waals surface area contributed by atoms with Crippen molar-refractivity contribution in [1.82, 2.24) is 18.5 Å². The molecule has 1 spiro atoms. The molecule has 1 aromatic rings. The topological polar surface area (TPSA) is 58.6 Å². The third-order valence-corrected chi connectivity index (χ3v) is 5.19. The summed E-state index contributed by atoms with van der Waals surface area (Å²) in [6, 6.07) is 0. The average molecular weight is 296 g/mol. The molecular weight excluding hydrogens is 276 g/mol. The Hall–Kier alpha value is -1.05. The molecule has 2 saturated heterocycles. The number of carbonyl (C=O) groups is 1. The lowest BCUT2D eigenvalue weighted by Gasteiger charge is -2.51. The van der Waals surface area contributed by atoms with Crippen LogP contribution in [0, 0.1) is 6.92 Å². The molecule has 0 saturated carbocycles. The zero-order valence-electron chi connectivity index (χ0n) is 12.0. The molecule has 0 unspecified atom stereocenters. The second-order valence-corrected chi connectivity index (χ2v) is 6.21. The minimum absolute atomic E-state index is 0.0233. The second-order valence-electron chi connectivity index (χ2n) is 5.68. The summed E-state index contributed by atoms with van der Waals surface area (Å²) in [5.74, 6) is 0.0233. The summed E-state index contributed by atoms with van der Waals surface area (Å²) < 4.78 is 13.7. The summed E-state index contributed by atoms with van der Waals surface area (Å²) in [4.78, 5) is 16.9. The lowest BCUT2D eigenvalue weighted by molar-refractivity contribution is -0.0544. The molecule has 2 aliphatic heterocycles. The lowest BCUT2D eigenvalue weighted by Crippen LogP contribution is -2.63. The van der Waals surface area contributed by atoms with Gasteiger partial charge in [0.15, 0.2) is 5.69 Å². The van der Waals surface area contributed by atoms with Crippen LogP contribution in [-0.4, -0.2) is 69.9 Å². The van der Waals surface area contributed by atoms with Gasteiger partial charge < -0.3 is 9.64 Å². The van der Waals surface area contributed by atoms with Crippen LogP contribution in [0.3, 0.4) is 0 Å². The summed E-state index contributed by atoms with van der Waals surface area (Å²) >= 11 is 1.11. The third kappa shape index (κ3) is 2.34. The largest absolute Gasteiger partial charge is 0.381 e. The number of aromatic nitrogens is 2. The van der Waals surface area contributed by atoms with Crippen molar-refractivity contribution in [2.75, 3.05) is 39.9 Å². The van der Waals surface area contributed by atoms with E-state index in [9.17, 15) is 4.79 Å². The maximum absolute atomic E-state index is 12.6. The number of piperazine rings is 1. The van der Waals surface area contributed by atoms with E-state index in [1.165, 1.54) is 0 Å². The number of aryl methyl sites for hydroxylation is 1. The van der Waals surface area contributed by atoms with E-state index >= 15 is 0 Å². The Balaban J connectivity index is 1.78. The van der Waals surface area contributed by atoms with Gasteiger partial charge in [0.05, 0.1) is 17.4 Å². The van der Waals surface area contributed by atoms with Gasteiger partial charge in [-0.3, -0.25) is 9.69 Å². The molecule has 2 fully saturated rings. The Kier molecular flexibility index (Phi) is 3.74. The Bertz CT molecular complexity index is 498. The SMILES string of the molecule is Cc1nsnc1C(=O)N1CCN(C)C2(CCOCC2)C1. The summed E-state index contributed by atoms with van der Waals surface area (Å²) in [6.45, 7) is 5.84. The van der Waals surface area contributed by atoms with Gasteiger partial charge in [-0.25, -0.2) is 0 Å². The maximum atomic E-state index is 12.6. The number of amides is 1. The van der Waals surface area contributed by atoms with Gasteiger partial charge >= 0.3 is 0 Å². The van der Waals surface area contributed by atoms with Gasteiger partial charge in [0.25, 0.3) is 5.91 Å². The van der Waals surface area contributed by atoms with Crippen molar-refractivity contribution < 1.29 is 9.53 Å². The Labute approximate surface area is 123 Å².